The third kappa shape index (κ3) is 3.44. The quantitative estimate of drug-likeness (QED) is 0.692. The van der Waals surface area contributed by atoms with Gasteiger partial charge in [-0.25, -0.2) is 0 Å². The Hall–Kier alpha value is -1.74. The zero-order valence-electron chi connectivity index (χ0n) is 9.41. The normalized spacial score (nSPS) is 10.8. The summed E-state index contributed by atoms with van der Waals surface area (Å²) in [7, 11) is 0. The summed E-state index contributed by atoms with van der Waals surface area (Å²) >= 11 is 0. The highest BCUT2D eigenvalue weighted by Crippen LogP contribution is 2.17. The fourth-order valence-electron chi connectivity index (χ4n) is 1.40. The molecule has 1 rings (SSSR count). The molecule has 0 aliphatic rings. The molecule has 0 aromatic heterocycles. The maximum absolute atomic E-state index is 9.79. The van der Waals surface area contributed by atoms with Crippen LogP contribution in [-0.2, 0) is 0 Å². The van der Waals surface area contributed by atoms with Gasteiger partial charge in [0, 0.05) is 0 Å². The minimum absolute atomic E-state index is 0.214. The van der Waals surface area contributed by atoms with E-state index in [9.17, 15) is 5.11 Å². The first-order chi connectivity index (χ1) is 7.65. The molecule has 0 amide bonds. The number of hydrogen-bond acceptors (Lipinski definition) is 2. The summed E-state index contributed by atoms with van der Waals surface area (Å²) in [5.41, 5.74) is 2.96. The first kappa shape index (κ1) is 12.3. The van der Waals surface area contributed by atoms with Crippen molar-refractivity contribution in [1.82, 2.24) is 0 Å². The SMILES string of the molecule is Cc1ccc(C(O)C#CC#CCO)c(C)c1. The zero-order valence-corrected chi connectivity index (χ0v) is 9.41. The lowest BCUT2D eigenvalue weighted by Crippen LogP contribution is -1.97. The molecule has 0 fully saturated rings. The Morgan fingerprint density at radius 2 is 2.00 bits per heavy atom. The highest BCUT2D eigenvalue weighted by atomic mass is 16.3. The van der Waals surface area contributed by atoms with Gasteiger partial charge in [0.25, 0.3) is 0 Å². The average Bonchev–Trinajstić information content (AvgIpc) is 2.24. The third-order valence-corrected chi connectivity index (χ3v) is 2.16. The van der Waals surface area contributed by atoms with E-state index >= 15 is 0 Å². The number of rotatable bonds is 1. The van der Waals surface area contributed by atoms with Crippen molar-refractivity contribution in [3.8, 4) is 23.7 Å². The van der Waals surface area contributed by atoms with Crippen LogP contribution in [0.2, 0.25) is 0 Å². The second kappa shape index (κ2) is 5.98. The lowest BCUT2D eigenvalue weighted by Gasteiger charge is -2.08. The van der Waals surface area contributed by atoms with Crippen LogP contribution < -0.4 is 0 Å². The Labute approximate surface area is 95.9 Å². The molecule has 2 nitrogen and oxygen atoms in total. The van der Waals surface area contributed by atoms with E-state index in [1.54, 1.807) is 0 Å². The highest BCUT2D eigenvalue weighted by Gasteiger charge is 2.06. The molecule has 0 aliphatic heterocycles. The predicted octanol–water partition coefficient (Wildman–Crippen LogP) is 1.34. The van der Waals surface area contributed by atoms with Crippen molar-refractivity contribution < 1.29 is 10.2 Å². The summed E-state index contributed by atoms with van der Waals surface area (Å²) in [6, 6.07) is 5.80. The Morgan fingerprint density at radius 1 is 1.25 bits per heavy atom. The van der Waals surface area contributed by atoms with Crippen molar-refractivity contribution in [3.63, 3.8) is 0 Å². The molecule has 0 bridgehead atoms. The van der Waals surface area contributed by atoms with Gasteiger partial charge in [-0.15, -0.1) is 0 Å². The Morgan fingerprint density at radius 3 is 2.62 bits per heavy atom. The number of benzene rings is 1. The fourth-order valence-corrected chi connectivity index (χ4v) is 1.40. The molecule has 2 heteroatoms. The Kier molecular flexibility index (Phi) is 4.61. The van der Waals surface area contributed by atoms with Gasteiger partial charge >= 0.3 is 0 Å². The van der Waals surface area contributed by atoms with Crippen LogP contribution in [0.1, 0.15) is 22.8 Å². The van der Waals surface area contributed by atoms with Crippen molar-refractivity contribution >= 4 is 0 Å². The van der Waals surface area contributed by atoms with Gasteiger partial charge < -0.3 is 10.2 Å². The summed E-state index contributed by atoms with van der Waals surface area (Å²) < 4.78 is 0. The Balaban J connectivity index is 2.87. The van der Waals surface area contributed by atoms with E-state index in [4.69, 9.17) is 5.11 Å². The average molecular weight is 214 g/mol. The van der Waals surface area contributed by atoms with E-state index < -0.39 is 6.10 Å². The van der Waals surface area contributed by atoms with Crippen LogP contribution in [-0.4, -0.2) is 16.8 Å². The molecule has 0 aliphatic carbocycles. The minimum Gasteiger partial charge on any atom is -0.384 e. The molecular weight excluding hydrogens is 200 g/mol. The van der Waals surface area contributed by atoms with Crippen molar-refractivity contribution in [2.75, 3.05) is 6.61 Å². The van der Waals surface area contributed by atoms with Gasteiger partial charge in [0.15, 0.2) is 0 Å². The Bertz CT molecular complexity index is 481. The van der Waals surface area contributed by atoms with E-state index in [1.165, 1.54) is 0 Å². The van der Waals surface area contributed by atoms with Crippen molar-refractivity contribution in [2.24, 2.45) is 0 Å². The van der Waals surface area contributed by atoms with E-state index in [1.807, 2.05) is 32.0 Å². The molecule has 16 heavy (non-hydrogen) atoms. The van der Waals surface area contributed by atoms with Gasteiger partial charge in [0.05, 0.1) is 0 Å². The third-order valence-electron chi connectivity index (χ3n) is 2.16. The van der Waals surface area contributed by atoms with Gasteiger partial charge in [-0.2, -0.15) is 0 Å². The predicted molar refractivity (Wildman–Crippen MR) is 63.5 cm³/mol. The van der Waals surface area contributed by atoms with Crippen LogP contribution in [0.5, 0.6) is 0 Å². The molecule has 82 valence electrons. The van der Waals surface area contributed by atoms with Gasteiger partial charge in [0.2, 0.25) is 0 Å². The van der Waals surface area contributed by atoms with Crippen LogP contribution in [0.15, 0.2) is 18.2 Å². The minimum atomic E-state index is -0.825. The second-order valence-corrected chi connectivity index (χ2v) is 3.49. The topological polar surface area (TPSA) is 40.5 Å². The molecule has 1 atom stereocenters. The monoisotopic (exact) mass is 214 g/mol. The van der Waals surface area contributed by atoms with Crippen LogP contribution in [0.3, 0.4) is 0 Å². The largest absolute Gasteiger partial charge is 0.384 e. The molecule has 0 spiro atoms. The number of hydrogen-bond donors (Lipinski definition) is 2. The van der Waals surface area contributed by atoms with Crippen LogP contribution in [0.4, 0.5) is 0 Å². The maximum Gasteiger partial charge on any atom is 0.141 e. The summed E-state index contributed by atoms with van der Waals surface area (Å²) in [5.74, 6) is 9.97. The number of aliphatic hydroxyl groups is 2. The van der Waals surface area contributed by atoms with Crippen molar-refractivity contribution in [3.05, 3.63) is 34.9 Å². The summed E-state index contributed by atoms with van der Waals surface area (Å²) in [4.78, 5) is 0. The molecule has 0 saturated heterocycles. The molecule has 2 N–H and O–H groups in total. The smallest absolute Gasteiger partial charge is 0.141 e. The lowest BCUT2D eigenvalue weighted by atomic mass is 10.0. The van der Waals surface area contributed by atoms with Crippen molar-refractivity contribution in [2.45, 2.75) is 20.0 Å². The molecule has 1 aromatic carbocycles. The molecular formula is C14H14O2. The van der Waals surface area contributed by atoms with Crippen LogP contribution in [0, 0.1) is 37.5 Å². The van der Waals surface area contributed by atoms with Crippen molar-refractivity contribution in [1.29, 1.82) is 0 Å². The van der Waals surface area contributed by atoms with Gasteiger partial charge in [-0.05, 0) is 36.8 Å². The molecule has 0 radical (unpaired) electrons. The lowest BCUT2D eigenvalue weighted by molar-refractivity contribution is 0.237. The zero-order chi connectivity index (χ0) is 12.0. The molecule has 1 aromatic rings. The number of aliphatic hydroxyl groups excluding tert-OH is 2. The van der Waals surface area contributed by atoms with Gasteiger partial charge in [-0.1, -0.05) is 35.6 Å². The summed E-state index contributed by atoms with van der Waals surface area (Å²) in [5, 5.41) is 18.2. The van der Waals surface area contributed by atoms with E-state index in [2.05, 4.69) is 23.7 Å². The van der Waals surface area contributed by atoms with Gasteiger partial charge in [0.1, 0.15) is 12.7 Å². The fraction of sp³-hybridized carbons (Fsp3) is 0.286. The first-order valence-electron chi connectivity index (χ1n) is 4.99. The molecule has 0 saturated carbocycles. The standard InChI is InChI=1S/C14H14O2/c1-11-7-8-13(12(2)10-11)14(16)6-4-3-5-9-15/h7-8,10,14-16H,9H2,1-2H3. The van der Waals surface area contributed by atoms with E-state index in [-0.39, 0.29) is 6.61 Å². The summed E-state index contributed by atoms with van der Waals surface area (Å²) in [6.07, 6.45) is -0.825. The highest BCUT2D eigenvalue weighted by molar-refractivity contribution is 5.37. The second-order valence-electron chi connectivity index (χ2n) is 3.49. The van der Waals surface area contributed by atoms with Crippen LogP contribution in [0.25, 0.3) is 0 Å². The van der Waals surface area contributed by atoms with E-state index in [0.717, 1.165) is 16.7 Å². The summed E-state index contributed by atoms with van der Waals surface area (Å²) in [6.45, 7) is 3.72. The maximum atomic E-state index is 9.79. The molecule has 1 unspecified atom stereocenters. The molecule has 0 heterocycles. The van der Waals surface area contributed by atoms with Gasteiger partial charge in [-0.3, -0.25) is 0 Å². The van der Waals surface area contributed by atoms with Crippen LogP contribution >= 0.6 is 0 Å². The number of aryl methyl sites for hydroxylation is 2. The van der Waals surface area contributed by atoms with E-state index in [0.29, 0.717) is 0 Å². The first-order valence-corrected chi connectivity index (χ1v) is 4.99.